The number of thiazole rings is 1. The number of carbonyl (C=O) groups is 1. The SMILES string of the molecule is Cc1ccc2cc(-c3csc(C(=O)O)n3)ccc2c1. The van der Waals surface area contributed by atoms with Crippen molar-refractivity contribution in [2.24, 2.45) is 0 Å². The van der Waals surface area contributed by atoms with E-state index in [1.165, 1.54) is 10.9 Å². The highest BCUT2D eigenvalue weighted by Crippen LogP contribution is 2.26. The third-order valence-electron chi connectivity index (χ3n) is 2.98. The van der Waals surface area contributed by atoms with Crippen molar-refractivity contribution in [2.45, 2.75) is 6.92 Å². The van der Waals surface area contributed by atoms with E-state index in [1.807, 2.05) is 18.2 Å². The molecule has 0 fully saturated rings. The summed E-state index contributed by atoms with van der Waals surface area (Å²) in [5.74, 6) is -0.979. The third-order valence-corrected chi connectivity index (χ3v) is 3.81. The molecule has 94 valence electrons. The Balaban J connectivity index is 2.09. The van der Waals surface area contributed by atoms with Crippen LogP contribution in [0.15, 0.2) is 41.8 Å². The molecular formula is C15H11NO2S. The van der Waals surface area contributed by atoms with Crippen LogP contribution in [-0.2, 0) is 0 Å². The zero-order valence-corrected chi connectivity index (χ0v) is 11.1. The predicted octanol–water partition coefficient (Wildman–Crippen LogP) is 3.97. The van der Waals surface area contributed by atoms with Crippen molar-refractivity contribution < 1.29 is 9.90 Å². The summed E-state index contributed by atoms with van der Waals surface area (Å²) in [6.45, 7) is 2.06. The number of aryl methyl sites for hydroxylation is 1. The Labute approximate surface area is 114 Å². The summed E-state index contributed by atoms with van der Waals surface area (Å²) >= 11 is 1.15. The standard InChI is InChI=1S/C15H11NO2S/c1-9-2-3-11-7-12(5-4-10(11)6-9)13-8-19-14(16-13)15(17)18/h2-8H,1H3,(H,17,18). The first kappa shape index (κ1) is 11.9. The summed E-state index contributed by atoms with van der Waals surface area (Å²) in [7, 11) is 0. The van der Waals surface area contributed by atoms with Gasteiger partial charge in [0.1, 0.15) is 0 Å². The fourth-order valence-corrected chi connectivity index (χ4v) is 2.69. The first-order valence-corrected chi connectivity index (χ1v) is 6.71. The fourth-order valence-electron chi connectivity index (χ4n) is 2.03. The van der Waals surface area contributed by atoms with E-state index in [2.05, 4.69) is 30.1 Å². The lowest BCUT2D eigenvalue weighted by atomic mass is 10.0. The fraction of sp³-hybridized carbons (Fsp3) is 0.0667. The number of aromatic nitrogens is 1. The lowest BCUT2D eigenvalue weighted by Gasteiger charge is -2.02. The number of carboxylic acid groups (broad SMARTS) is 1. The van der Waals surface area contributed by atoms with Gasteiger partial charge in [0.15, 0.2) is 0 Å². The van der Waals surface area contributed by atoms with Crippen molar-refractivity contribution in [3.8, 4) is 11.3 Å². The predicted molar refractivity (Wildman–Crippen MR) is 76.8 cm³/mol. The first-order valence-electron chi connectivity index (χ1n) is 5.83. The summed E-state index contributed by atoms with van der Waals surface area (Å²) in [4.78, 5) is 15.0. The maximum absolute atomic E-state index is 10.8. The number of carboxylic acids is 1. The lowest BCUT2D eigenvalue weighted by Crippen LogP contribution is -1.94. The number of benzene rings is 2. The smallest absolute Gasteiger partial charge is 0.365 e. The van der Waals surface area contributed by atoms with Crippen LogP contribution in [0, 0.1) is 6.92 Å². The van der Waals surface area contributed by atoms with Crippen LogP contribution in [0.4, 0.5) is 0 Å². The summed E-state index contributed by atoms with van der Waals surface area (Å²) in [6.07, 6.45) is 0. The summed E-state index contributed by atoms with van der Waals surface area (Å²) in [5, 5.41) is 13.1. The molecule has 0 aliphatic rings. The number of hydrogen-bond acceptors (Lipinski definition) is 3. The quantitative estimate of drug-likeness (QED) is 0.765. The molecule has 1 aromatic heterocycles. The van der Waals surface area contributed by atoms with Gasteiger partial charge in [0.2, 0.25) is 5.01 Å². The Kier molecular flexibility index (Phi) is 2.80. The van der Waals surface area contributed by atoms with E-state index in [0.717, 1.165) is 22.3 Å². The van der Waals surface area contributed by atoms with Crippen molar-refractivity contribution in [3.63, 3.8) is 0 Å². The Morgan fingerprint density at radius 2 is 1.89 bits per heavy atom. The Morgan fingerprint density at radius 3 is 2.63 bits per heavy atom. The van der Waals surface area contributed by atoms with Gasteiger partial charge in [-0.15, -0.1) is 11.3 Å². The molecule has 3 aromatic rings. The summed E-state index contributed by atoms with van der Waals surface area (Å²) in [6, 6.07) is 12.3. The molecule has 3 nitrogen and oxygen atoms in total. The van der Waals surface area contributed by atoms with E-state index in [9.17, 15) is 4.79 Å². The average Bonchev–Trinajstić information content (AvgIpc) is 2.88. The molecule has 0 bridgehead atoms. The van der Waals surface area contributed by atoms with Crippen LogP contribution in [0.5, 0.6) is 0 Å². The second-order valence-electron chi connectivity index (χ2n) is 4.41. The van der Waals surface area contributed by atoms with E-state index in [0.29, 0.717) is 5.69 Å². The molecule has 2 aromatic carbocycles. The number of rotatable bonds is 2. The van der Waals surface area contributed by atoms with Gasteiger partial charge >= 0.3 is 5.97 Å². The molecule has 3 rings (SSSR count). The number of aromatic carboxylic acids is 1. The molecule has 0 saturated carbocycles. The van der Waals surface area contributed by atoms with Crippen LogP contribution in [0.2, 0.25) is 0 Å². The lowest BCUT2D eigenvalue weighted by molar-refractivity contribution is 0.0696. The number of fused-ring (bicyclic) bond motifs is 1. The molecular weight excluding hydrogens is 258 g/mol. The molecule has 4 heteroatoms. The minimum absolute atomic E-state index is 0.124. The number of nitrogens with zero attached hydrogens (tertiary/aromatic N) is 1. The Morgan fingerprint density at radius 1 is 1.16 bits per heavy atom. The van der Waals surface area contributed by atoms with Gasteiger partial charge in [-0.3, -0.25) is 0 Å². The molecule has 0 aliphatic carbocycles. The normalized spacial score (nSPS) is 10.8. The topological polar surface area (TPSA) is 50.2 Å². The molecule has 0 spiro atoms. The van der Waals surface area contributed by atoms with Crippen LogP contribution in [0.25, 0.3) is 22.0 Å². The van der Waals surface area contributed by atoms with Crippen LogP contribution in [-0.4, -0.2) is 16.1 Å². The zero-order valence-electron chi connectivity index (χ0n) is 10.3. The molecule has 19 heavy (non-hydrogen) atoms. The molecule has 0 unspecified atom stereocenters. The van der Waals surface area contributed by atoms with Gasteiger partial charge in [-0.1, -0.05) is 35.9 Å². The third kappa shape index (κ3) is 2.22. The van der Waals surface area contributed by atoms with Gasteiger partial charge in [-0.05, 0) is 23.8 Å². The van der Waals surface area contributed by atoms with Crippen LogP contribution in [0.3, 0.4) is 0 Å². The largest absolute Gasteiger partial charge is 0.476 e. The molecule has 0 aliphatic heterocycles. The van der Waals surface area contributed by atoms with Gasteiger partial charge < -0.3 is 5.11 Å². The highest BCUT2D eigenvalue weighted by atomic mass is 32.1. The molecule has 1 N–H and O–H groups in total. The van der Waals surface area contributed by atoms with E-state index >= 15 is 0 Å². The van der Waals surface area contributed by atoms with E-state index in [4.69, 9.17) is 5.11 Å². The highest BCUT2D eigenvalue weighted by molar-refractivity contribution is 7.11. The van der Waals surface area contributed by atoms with Gasteiger partial charge in [-0.2, -0.15) is 0 Å². The zero-order chi connectivity index (χ0) is 13.4. The number of hydrogen-bond donors (Lipinski definition) is 1. The first-order chi connectivity index (χ1) is 9.13. The minimum atomic E-state index is -0.979. The maximum Gasteiger partial charge on any atom is 0.365 e. The molecule has 1 heterocycles. The van der Waals surface area contributed by atoms with Gasteiger partial charge in [0, 0.05) is 10.9 Å². The Hall–Kier alpha value is -2.20. The highest BCUT2D eigenvalue weighted by Gasteiger charge is 2.10. The van der Waals surface area contributed by atoms with Gasteiger partial charge in [-0.25, -0.2) is 9.78 Å². The summed E-state index contributed by atoms with van der Waals surface area (Å²) in [5.41, 5.74) is 2.88. The molecule has 0 atom stereocenters. The molecule has 0 radical (unpaired) electrons. The second kappa shape index (κ2) is 4.48. The van der Waals surface area contributed by atoms with E-state index < -0.39 is 5.97 Å². The second-order valence-corrected chi connectivity index (χ2v) is 5.27. The van der Waals surface area contributed by atoms with Crippen molar-refractivity contribution in [2.75, 3.05) is 0 Å². The van der Waals surface area contributed by atoms with Crippen LogP contribution in [0.1, 0.15) is 15.4 Å². The van der Waals surface area contributed by atoms with E-state index in [-0.39, 0.29) is 5.01 Å². The Bertz CT molecular complexity index is 777. The maximum atomic E-state index is 10.8. The molecule has 0 saturated heterocycles. The van der Waals surface area contributed by atoms with Crippen molar-refractivity contribution >= 4 is 28.1 Å². The van der Waals surface area contributed by atoms with Gasteiger partial charge in [0.05, 0.1) is 5.69 Å². The van der Waals surface area contributed by atoms with Crippen molar-refractivity contribution in [1.82, 2.24) is 4.98 Å². The molecule has 0 amide bonds. The van der Waals surface area contributed by atoms with Crippen molar-refractivity contribution in [1.29, 1.82) is 0 Å². The van der Waals surface area contributed by atoms with E-state index in [1.54, 1.807) is 5.38 Å². The average molecular weight is 269 g/mol. The van der Waals surface area contributed by atoms with Crippen LogP contribution >= 0.6 is 11.3 Å². The van der Waals surface area contributed by atoms with Crippen LogP contribution < -0.4 is 0 Å². The minimum Gasteiger partial charge on any atom is -0.476 e. The monoisotopic (exact) mass is 269 g/mol. The van der Waals surface area contributed by atoms with Gasteiger partial charge in [0.25, 0.3) is 0 Å². The summed E-state index contributed by atoms with van der Waals surface area (Å²) < 4.78 is 0. The van der Waals surface area contributed by atoms with Crippen molar-refractivity contribution in [3.05, 3.63) is 52.3 Å².